The van der Waals surface area contributed by atoms with Gasteiger partial charge in [0, 0.05) is 12.6 Å². The molecule has 1 aromatic rings. The molecule has 2 aliphatic heterocycles. The average Bonchev–Trinajstić information content (AvgIpc) is 2.92. The van der Waals surface area contributed by atoms with E-state index in [9.17, 15) is 4.79 Å². The molecular formula is C18H25NO3. The summed E-state index contributed by atoms with van der Waals surface area (Å²) in [4.78, 5) is 15.0. The Morgan fingerprint density at radius 2 is 2.05 bits per heavy atom. The van der Waals surface area contributed by atoms with E-state index in [1.165, 1.54) is 0 Å². The molecule has 4 heteroatoms. The first-order chi connectivity index (χ1) is 10.5. The summed E-state index contributed by atoms with van der Waals surface area (Å²) >= 11 is 0. The minimum Gasteiger partial charge on any atom is -0.486 e. The number of rotatable bonds is 2. The molecule has 1 amide bonds. The predicted octanol–water partition coefficient (Wildman–Crippen LogP) is 3.50. The molecule has 0 aliphatic carbocycles. The minimum atomic E-state index is 0.0779. The summed E-state index contributed by atoms with van der Waals surface area (Å²) in [6.45, 7) is 8.58. The van der Waals surface area contributed by atoms with Crippen LogP contribution < -0.4 is 9.47 Å². The number of ether oxygens (including phenoxy) is 2. The lowest BCUT2D eigenvalue weighted by Gasteiger charge is -2.31. The van der Waals surface area contributed by atoms with E-state index in [1.54, 1.807) is 0 Å². The van der Waals surface area contributed by atoms with Crippen molar-refractivity contribution in [3.8, 4) is 11.5 Å². The lowest BCUT2D eigenvalue weighted by molar-refractivity contribution is 0.0694. The molecule has 2 heterocycles. The summed E-state index contributed by atoms with van der Waals surface area (Å²) in [5.41, 5.74) is 0.863. The van der Waals surface area contributed by atoms with E-state index in [0.29, 0.717) is 36.3 Å². The third-order valence-corrected chi connectivity index (χ3v) is 4.28. The topological polar surface area (TPSA) is 38.8 Å². The van der Waals surface area contributed by atoms with Gasteiger partial charge in [-0.05, 0) is 36.8 Å². The highest BCUT2D eigenvalue weighted by molar-refractivity contribution is 5.98. The fourth-order valence-corrected chi connectivity index (χ4v) is 3.42. The fourth-order valence-electron chi connectivity index (χ4n) is 3.42. The van der Waals surface area contributed by atoms with Crippen LogP contribution in [0.3, 0.4) is 0 Å². The van der Waals surface area contributed by atoms with Crippen LogP contribution in [0.2, 0.25) is 0 Å². The number of carbonyl (C=O) groups excluding carboxylic acids is 1. The number of hydrogen-bond acceptors (Lipinski definition) is 3. The standard InChI is InChI=1S/C18H25NO3/c1-18(2,3)12-13-6-5-9-19(13)17(20)14-7-4-8-15-16(14)22-11-10-21-15/h4,7-8,13H,5-6,9-12H2,1-3H3. The van der Waals surface area contributed by atoms with Crippen molar-refractivity contribution in [3.63, 3.8) is 0 Å². The van der Waals surface area contributed by atoms with Crippen molar-refractivity contribution in [1.29, 1.82) is 0 Å². The van der Waals surface area contributed by atoms with Crippen molar-refractivity contribution in [2.24, 2.45) is 5.41 Å². The monoisotopic (exact) mass is 303 g/mol. The van der Waals surface area contributed by atoms with E-state index < -0.39 is 0 Å². The van der Waals surface area contributed by atoms with Crippen LogP contribution in [-0.2, 0) is 0 Å². The van der Waals surface area contributed by atoms with Crippen molar-refractivity contribution in [2.75, 3.05) is 19.8 Å². The molecule has 0 radical (unpaired) electrons. The van der Waals surface area contributed by atoms with Crippen molar-refractivity contribution in [2.45, 2.75) is 46.1 Å². The molecule has 0 N–H and O–H groups in total. The zero-order chi connectivity index (χ0) is 15.7. The number of nitrogens with zero attached hydrogens (tertiary/aromatic N) is 1. The minimum absolute atomic E-state index is 0.0779. The molecule has 1 atom stereocenters. The average molecular weight is 303 g/mol. The molecule has 0 saturated carbocycles. The normalized spacial score (nSPS) is 21.0. The molecular weight excluding hydrogens is 278 g/mol. The molecule has 2 aliphatic rings. The second-order valence-electron chi connectivity index (χ2n) is 7.39. The molecule has 1 saturated heterocycles. The van der Waals surface area contributed by atoms with Crippen LogP contribution in [-0.4, -0.2) is 36.6 Å². The van der Waals surface area contributed by atoms with Gasteiger partial charge in [0.15, 0.2) is 11.5 Å². The number of likely N-dealkylation sites (tertiary alicyclic amines) is 1. The number of benzene rings is 1. The number of hydrogen-bond donors (Lipinski definition) is 0. The predicted molar refractivity (Wildman–Crippen MR) is 85.6 cm³/mol. The second kappa shape index (κ2) is 5.82. The number of amides is 1. The molecule has 1 unspecified atom stereocenters. The molecule has 22 heavy (non-hydrogen) atoms. The maximum atomic E-state index is 13.0. The fraction of sp³-hybridized carbons (Fsp3) is 0.611. The molecule has 3 rings (SSSR count). The first kappa shape index (κ1) is 15.2. The zero-order valence-electron chi connectivity index (χ0n) is 13.7. The molecule has 0 bridgehead atoms. The van der Waals surface area contributed by atoms with E-state index in [0.717, 1.165) is 25.8 Å². The summed E-state index contributed by atoms with van der Waals surface area (Å²) in [6, 6.07) is 5.91. The van der Waals surface area contributed by atoms with Crippen LogP contribution in [0, 0.1) is 5.41 Å². The van der Waals surface area contributed by atoms with Crippen molar-refractivity contribution >= 4 is 5.91 Å². The Morgan fingerprint density at radius 1 is 1.27 bits per heavy atom. The van der Waals surface area contributed by atoms with Crippen molar-refractivity contribution in [1.82, 2.24) is 4.90 Å². The van der Waals surface area contributed by atoms with Crippen LogP contribution in [0.15, 0.2) is 18.2 Å². The highest BCUT2D eigenvalue weighted by atomic mass is 16.6. The summed E-state index contributed by atoms with van der Waals surface area (Å²) in [5, 5.41) is 0. The lowest BCUT2D eigenvalue weighted by Crippen LogP contribution is -2.38. The van der Waals surface area contributed by atoms with Crippen LogP contribution in [0.1, 0.15) is 50.4 Å². The van der Waals surface area contributed by atoms with Gasteiger partial charge < -0.3 is 14.4 Å². The van der Waals surface area contributed by atoms with Crippen molar-refractivity contribution < 1.29 is 14.3 Å². The third kappa shape index (κ3) is 3.06. The van der Waals surface area contributed by atoms with Gasteiger partial charge in [-0.1, -0.05) is 26.8 Å². The van der Waals surface area contributed by atoms with E-state index >= 15 is 0 Å². The van der Waals surface area contributed by atoms with Gasteiger partial charge in [-0.3, -0.25) is 4.79 Å². The van der Waals surface area contributed by atoms with Crippen molar-refractivity contribution in [3.05, 3.63) is 23.8 Å². The van der Waals surface area contributed by atoms with Gasteiger partial charge in [-0.2, -0.15) is 0 Å². The zero-order valence-corrected chi connectivity index (χ0v) is 13.7. The van der Waals surface area contributed by atoms with Crippen LogP contribution in [0.25, 0.3) is 0 Å². The Hall–Kier alpha value is -1.71. The Morgan fingerprint density at radius 3 is 2.82 bits per heavy atom. The second-order valence-corrected chi connectivity index (χ2v) is 7.39. The summed E-state index contributed by atoms with van der Waals surface area (Å²) in [5.74, 6) is 1.37. The summed E-state index contributed by atoms with van der Waals surface area (Å²) in [6.07, 6.45) is 3.21. The summed E-state index contributed by atoms with van der Waals surface area (Å²) < 4.78 is 11.3. The highest BCUT2D eigenvalue weighted by Crippen LogP contribution is 2.37. The maximum Gasteiger partial charge on any atom is 0.258 e. The van der Waals surface area contributed by atoms with Gasteiger partial charge in [0.2, 0.25) is 0 Å². The van der Waals surface area contributed by atoms with Gasteiger partial charge in [-0.25, -0.2) is 0 Å². The maximum absolute atomic E-state index is 13.0. The van der Waals surface area contributed by atoms with Crippen LogP contribution in [0.5, 0.6) is 11.5 Å². The molecule has 1 aromatic carbocycles. The number of fused-ring (bicyclic) bond motifs is 1. The quantitative estimate of drug-likeness (QED) is 0.839. The third-order valence-electron chi connectivity index (χ3n) is 4.28. The Balaban J connectivity index is 1.84. The molecule has 0 aromatic heterocycles. The Bertz CT molecular complexity index is 562. The number of carbonyl (C=O) groups is 1. The highest BCUT2D eigenvalue weighted by Gasteiger charge is 2.34. The van der Waals surface area contributed by atoms with E-state index in [-0.39, 0.29) is 11.3 Å². The largest absolute Gasteiger partial charge is 0.486 e. The van der Waals surface area contributed by atoms with E-state index in [1.807, 2.05) is 23.1 Å². The van der Waals surface area contributed by atoms with Gasteiger partial charge in [-0.15, -0.1) is 0 Å². The first-order valence-corrected chi connectivity index (χ1v) is 8.15. The molecule has 120 valence electrons. The summed E-state index contributed by atoms with van der Waals surface area (Å²) in [7, 11) is 0. The van der Waals surface area contributed by atoms with Crippen LogP contribution >= 0.6 is 0 Å². The molecule has 1 fully saturated rings. The van der Waals surface area contributed by atoms with Gasteiger partial charge in [0.05, 0.1) is 5.56 Å². The lowest BCUT2D eigenvalue weighted by atomic mass is 9.87. The van der Waals surface area contributed by atoms with Gasteiger partial charge in [0.25, 0.3) is 5.91 Å². The number of para-hydroxylation sites is 1. The molecule has 4 nitrogen and oxygen atoms in total. The van der Waals surface area contributed by atoms with E-state index in [4.69, 9.17) is 9.47 Å². The van der Waals surface area contributed by atoms with E-state index in [2.05, 4.69) is 20.8 Å². The SMILES string of the molecule is CC(C)(C)CC1CCCN1C(=O)c1cccc2c1OCCO2. The van der Waals surface area contributed by atoms with Gasteiger partial charge in [0.1, 0.15) is 13.2 Å². The first-order valence-electron chi connectivity index (χ1n) is 8.15. The van der Waals surface area contributed by atoms with Gasteiger partial charge >= 0.3 is 0 Å². The van der Waals surface area contributed by atoms with Crippen LogP contribution in [0.4, 0.5) is 0 Å². The molecule has 0 spiro atoms. The Kier molecular flexibility index (Phi) is 4.02. The smallest absolute Gasteiger partial charge is 0.258 e. The Labute approximate surface area is 132 Å².